The highest BCUT2D eigenvalue weighted by Crippen LogP contribution is 2.16. The van der Waals surface area contributed by atoms with E-state index in [2.05, 4.69) is 48.2 Å². The Morgan fingerprint density at radius 3 is 2.36 bits per heavy atom. The first kappa shape index (κ1) is 16.5. The van der Waals surface area contributed by atoms with Crippen LogP contribution in [0.15, 0.2) is 30.3 Å². The van der Waals surface area contributed by atoms with Crippen LogP contribution in [0.5, 0.6) is 5.88 Å². The molecule has 0 aliphatic carbocycles. The van der Waals surface area contributed by atoms with Crippen molar-refractivity contribution in [1.82, 2.24) is 15.3 Å². The Hall–Kier alpha value is -1.85. The molecule has 3 N–H and O–H groups in total. The summed E-state index contributed by atoms with van der Waals surface area (Å²) in [4.78, 5) is 7.76. The van der Waals surface area contributed by atoms with Gasteiger partial charge in [0.25, 0.3) is 0 Å². The number of nitrogen functional groups attached to an aromatic ring is 1. The topological polar surface area (TPSA) is 73.1 Å². The van der Waals surface area contributed by atoms with Gasteiger partial charge in [-0.05, 0) is 31.9 Å². The van der Waals surface area contributed by atoms with E-state index in [-0.39, 0.29) is 16.6 Å². The Kier molecular flexibility index (Phi) is 5.21. The molecule has 0 bridgehead atoms. The summed E-state index contributed by atoms with van der Waals surface area (Å²) in [7, 11) is 0. The number of rotatable bonds is 5. The minimum absolute atomic E-state index is 0.103. The summed E-state index contributed by atoms with van der Waals surface area (Å²) in [6.07, 6.45) is 0. The Morgan fingerprint density at radius 2 is 1.77 bits per heavy atom. The van der Waals surface area contributed by atoms with E-state index >= 15 is 0 Å². The summed E-state index contributed by atoms with van der Waals surface area (Å²) >= 11 is 5.81. The highest BCUT2D eigenvalue weighted by molar-refractivity contribution is 6.29. The van der Waals surface area contributed by atoms with Crippen molar-refractivity contribution in [1.29, 1.82) is 0 Å². The summed E-state index contributed by atoms with van der Waals surface area (Å²) in [6, 6.07) is 9.77. The summed E-state index contributed by atoms with van der Waals surface area (Å²) in [5, 5.41) is 3.72. The van der Waals surface area contributed by atoms with E-state index in [1.807, 2.05) is 12.1 Å². The molecular weight excluding hydrogens is 300 g/mol. The lowest BCUT2D eigenvalue weighted by molar-refractivity contribution is 0.294. The van der Waals surface area contributed by atoms with Gasteiger partial charge in [0.2, 0.25) is 11.8 Å². The quantitative estimate of drug-likeness (QED) is 0.828. The zero-order chi connectivity index (χ0) is 16.2. The van der Waals surface area contributed by atoms with Gasteiger partial charge in [-0.1, -0.05) is 35.9 Å². The second-order valence-corrected chi connectivity index (χ2v) is 6.48. The number of halogens is 1. The van der Waals surface area contributed by atoms with Crippen molar-refractivity contribution in [2.24, 2.45) is 0 Å². The van der Waals surface area contributed by atoms with Crippen molar-refractivity contribution in [2.75, 3.05) is 5.73 Å². The molecule has 2 aromatic rings. The van der Waals surface area contributed by atoms with E-state index in [9.17, 15) is 0 Å². The molecule has 0 saturated heterocycles. The van der Waals surface area contributed by atoms with E-state index in [0.717, 1.165) is 12.1 Å². The van der Waals surface area contributed by atoms with Gasteiger partial charge in [-0.3, -0.25) is 0 Å². The third-order valence-corrected chi connectivity index (χ3v) is 3.11. The molecule has 0 spiro atoms. The number of benzene rings is 1. The van der Waals surface area contributed by atoms with E-state index < -0.39 is 0 Å². The fraction of sp³-hybridized carbons (Fsp3) is 0.375. The van der Waals surface area contributed by atoms with E-state index in [4.69, 9.17) is 22.1 Å². The van der Waals surface area contributed by atoms with Gasteiger partial charge < -0.3 is 15.8 Å². The number of aromatic nitrogens is 2. The van der Waals surface area contributed by atoms with Gasteiger partial charge in [-0.2, -0.15) is 4.98 Å². The molecule has 2 rings (SSSR count). The summed E-state index contributed by atoms with van der Waals surface area (Å²) in [5.74, 6) is 0.474. The number of ether oxygens (including phenoxy) is 1. The number of hydrogen-bond acceptors (Lipinski definition) is 5. The van der Waals surface area contributed by atoms with Crippen molar-refractivity contribution >= 4 is 17.5 Å². The zero-order valence-corrected chi connectivity index (χ0v) is 13.8. The van der Waals surface area contributed by atoms with Gasteiger partial charge in [0, 0.05) is 18.2 Å². The SMILES string of the molecule is CC(C)(C)NCc1ccc(COc2cc(Cl)nc(N)n2)cc1. The van der Waals surface area contributed by atoms with Crippen LogP contribution in [0.3, 0.4) is 0 Å². The van der Waals surface area contributed by atoms with Gasteiger partial charge in [0.05, 0.1) is 0 Å². The predicted octanol–water partition coefficient (Wildman–Crippen LogP) is 3.18. The molecule has 6 heteroatoms. The van der Waals surface area contributed by atoms with Crippen LogP contribution in [-0.2, 0) is 13.2 Å². The van der Waals surface area contributed by atoms with Crippen LogP contribution in [0.2, 0.25) is 5.15 Å². The lowest BCUT2D eigenvalue weighted by Gasteiger charge is -2.20. The van der Waals surface area contributed by atoms with Crippen molar-refractivity contribution < 1.29 is 4.74 Å². The number of anilines is 1. The molecule has 118 valence electrons. The minimum atomic E-state index is 0.103. The monoisotopic (exact) mass is 320 g/mol. The summed E-state index contributed by atoms with van der Waals surface area (Å²) < 4.78 is 5.58. The summed E-state index contributed by atoms with van der Waals surface area (Å²) in [5.41, 5.74) is 7.91. The van der Waals surface area contributed by atoms with Gasteiger partial charge in [-0.25, -0.2) is 4.98 Å². The largest absolute Gasteiger partial charge is 0.473 e. The fourth-order valence-corrected chi connectivity index (χ4v) is 1.95. The maximum Gasteiger partial charge on any atom is 0.224 e. The predicted molar refractivity (Wildman–Crippen MR) is 88.8 cm³/mol. The molecule has 0 saturated carbocycles. The van der Waals surface area contributed by atoms with Crippen LogP contribution in [0.25, 0.3) is 0 Å². The van der Waals surface area contributed by atoms with E-state index in [0.29, 0.717) is 12.5 Å². The molecular formula is C16H21ClN4O. The molecule has 0 aliphatic rings. The number of nitrogens with one attached hydrogen (secondary N) is 1. The average Bonchev–Trinajstić information content (AvgIpc) is 2.42. The maximum absolute atomic E-state index is 5.81. The molecule has 0 aliphatic heterocycles. The molecule has 0 amide bonds. The normalized spacial score (nSPS) is 11.5. The number of nitrogens with two attached hydrogens (primary N) is 1. The Bertz CT molecular complexity index is 603. The zero-order valence-electron chi connectivity index (χ0n) is 13.1. The average molecular weight is 321 g/mol. The highest BCUT2D eigenvalue weighted by atomic mass is 35.5. The van der Waals surface area contributed by atoms with Gasteiger partial charge in [-0.15, -0.1) is 0 Å². The van der Waals surface area contributed by atoms with Gasteiger partial charge in [0.15, 0.2) is 0 Å². The highest BCUT2D eigenvalue weighted by Gasteiger charge is 2.08. The lowest BCUT2D eigenvalue weighted by Crippen LogP contribution is -2.35. The van der Waals surface area contributed by atoms with Crippen LogP contribution in [0, 0.1) is 0 Å². The Morgan fingerprint density at radius 1 is 1.14 bits per heavy atom. The van der Waals surface area contributed by atoms with Crippen molar-refractivity contribution in [3.05, 3.63) is 46.6 Å². The van der Waals surface area contributed by atoms with Crippen LogP contribution >= 0.6 is 11.6 Å². The Labute approximate surface area is 135 Å². The van der Waals surface area contributed by atoms with E-state index in [1.54, 1.807) is 6.07 Å². The number of nitrogens with zero attached hydrogens (tertiary/aromatic N) is 2. The third kappa shape index (κ3) is 5.50. The molecule has 22 heavy (non-hydrogen) atoms. The first-order valence-corrected chi connectivity index (χ1v) is 7.45. The molecule has 0 atom stereocenters. The van der Waals surface area contributed by atoms with E-state index in [1.165, 1.54) is 5.56 Å². The molecule has 1 heterocycles. The maximum atomic E-state index is 5.81. The van der Waals surface area contributed by atoms with Crippen molar-refractivity contribution in [3.8, 4) is 5.88 Å². The molecule has 5 nitrogen and oxygen atoms in total. The van der Waals surface area contributed by atoms with Gasteiger partial charge in [0.1, 0.15) is 11.8 Å². The minimum Gasteiger partial charge on any atom is -0.473 e. The Balaban J connectivity index is 1.91. The molecule has 1 aromatic heterocycles. The van der Waals surface area contributed by atoms with Crippen LogP contribution in [0.1, 0.15) is 31.9 Å². The van der Waals surface area contributed by atoms with Crippen molar-refractivity contribution in [2.45, 2.75) is 39.5 Å². The first-order chi connectivity index (χ1) is 10.3. The lowest BCUT2D eigenvalue weighted by atomic mass is 10.1. The van der Waals surface area contributed by atoms with Gasteiger partial charge >= 0.3 is 0 Å². The molecule has 0 fully saturated rings. The second kappa shape index (κ2) is 6.94. The molecule has 0 radical (unpaired) electrons. The van der Waals surface area contributed by atoms with Crippen LogP contribution in [-0.4, -0.2) is 15.5 Å². The smallest absolute Gasteiger partial charge is 0.224 e. The molecule has 0 unspecified atom stereocenters. The standard InChI is InChI=1S/C16H21ClN4O/c1-16(2,3)19-9-11-4-6-12(7-5-11)10-22-14-8-13(17)20-15(18)21-14/h4-8,19H,9-10H2,1-3H3,(H2,18,20,21). The third-order valence-electron chi connectivity index (χ3n) is 2.92. The first-order valence-electron chi connectivity index (χ1n) is 7.07. The van der Waals surface area contributed by atoms with Crippen LogP contribution in [0.4, 0.5) is 5.95 Å². The second-order valence-electron chi connectivity index (χ2n) is 6.10. The van der Waals surface area contributed by atoms with Crippen molar-refractivity contribution in [3.63, 3.8) is 0 Å². The van der Waals surface area contributed by atoms with Crippen LogP contribution < -0.4 is 15.8 Å². The molecule has 1 aromatic carbocycles. The summed E-state index contributed by atoms with van der Waals surface area (Å²) in [6.45, 7) is 7.68. The number of hydrogen-bond donors (Lipinski definition) is 2. The fourth-order valence-electron chi connectivity index (χ4n) is 1.77.